The summed E-state index contributed by atoms with van der Waals surface area (Å²) >= 11 is 0. The molecule has 5 amide bonds. The summed E-state index contributed by atoms with van der Waals surface area (Å²) in [5.41, 5.74) is -0.993. The second-order valence-electron chi connectivity index (χ2n) is 9.12. The van der Waals surface area contributed by atoms with Crippen molar-refractivity contribution in [1.29, 1.82) is 0 Å². The van der Waals surface area contributed by atoms with Crippen molar-refractivity contribution in [2.24, 2.45) is 0 Å². The Morgan fingerprint density at radius 1 is 1.24 bits per heavy atom. The number of halogens is 1. The minimum Gasteiger partial charge on any atom is -0.494 e. The number of urea groups is 1. The van der Waals surface area contributed by atoms with E-state index in [9.17, 15) is 28.7 Å². The molecule has 1 aromatic carbocycles. The summed E-state index contributed by atoms with van der Waals surface area (Å²) < 4.78 is 25.7. The van der Waals surface area contributed by atoms with Crippen molar-refractivity contribution in [2.75, 3.05) is 25.1 Å². The fourth-order valence-electron chi connectivity index (χ4n) is 5.01. The molecule has 3 aromatic rings. The number of imide groups is 1. The number of benzene rings is 1. The van der Waals surface area contributed by atoms with Crippen molar-refractivity contribution in [3.63, 3.8) is 0 Å². The summed E-state index contributed by atoms with van der Waals surface area (Å²) in [4.78, 5) is 57.6. The van der Waals surface area contributed by atoms with Gasteiger partial charge in [0.25, 0.3) is 11.8 Å². The average Bonchev–Trinajstić information content (AvgIpc) is 3.59. The highest BCUT2D eigenvalue weighted by atomic mass is 19.1. The van der Waals surface area contributed by atoms with Gasteiger partial charge in [-0.25, -0.2) is 14.2 Å². The van der Waals surface area contributed by atoms with Gasteiger partial charge in [-0.2, -0.15) is 0 Å². The van der Waals surface area contributed by atoms with Crippen LogP contribution in [0.3, 0.4) is 0 Å². The molecular formula is C24H20FN5O7. The number of fused-ring (bicyclic) bond motifs is 2. The summed E-state index contributed by atoms with van der Waals surface area (Å²) in [6.07, 6.45) is -0.804. The molecule has 13 heteroatoms. The number of nitrogens with one attached hydrogen (secondary N) is 2. The molecule has 6 rings (SSSR count). The van der Waals surface area contributed by atoms with Crippen LogP contribution in [0.2, 0.25) is 0 Å². The fourth-order valence-corrected chi connectivity index (χ4v) is 5.01. The molecule has 0 aliphatic carbocycles. The highest BCUT2D eigenvalue weighted by Crippen LogP contribution is 2.36. The van der Waals surface area contributed by atoms with Crippen LogP contribution < -0.4 is 20.3 Å². The number of amides is 5. The largest absolute Gasteiger partial charge is 0.494 e. The van der Waals surface area contributed by atoms with Crippen LogP contribution in [0.4, 0.5) is 15.0 Å². The van der Waals surface area contributed by atoms with Gasteiger partial charge in [0.05, 0.1) is 38.3 Å². The van der Waals surface area contributed by atoms with Gasteiger partial charge in [0.15, 0.2) is 22.7 Å². The molecule has 37 heavy (non-hydrogen) atoms. The van der Waals surface area contributed by atoms with Gasteiger partial charge < -0.3 is 24.5 Å². The maximum Gasteiger partial charge on any atom is 0.322 e. The summed E-state index contributed by atoms with van der Waals surface area (Å²) in [6.45, 7) is -0.241. The van der Waals surface area contributed by atoms with Crippen LogP contribution in [-0.2, 0) is 21.7 Å². The van der Waals surface area contributed by atoms with Gasteiger partial charge in [0.2, 0.25) is 5.91 Å². The third kappa shape index (κ3) is 3.42. The van der Waals surface area contributed by atoms with Crippen molar-refractivity contribution < 1.29 is 37.8 Å². The third-order valence-corrected chi connectivity index (χ3v) is 6.81. The minimum atomic E-state index is -1.81. The van der Waals surface area contributed by atoms with Crippen molar-refractivity contribution in [2.45, 2.75) is 24.6 Å². The van der Waals surface area contributed by atoms with E-state index in [0.717, 1.165) is 0 Å². The Labute approximate surface area is 208 Å². The van der Waals surface area contributed by atoms with Crippen LogP contribution in [0.25, 0.3) is 11.1 Å². The molecule has 190 valence electrons. The van der Waals surface area contributed by atoms with Crippen molar-refractivity contribution in [3.8, 4) is 5.75 Å². The number of methoxy groups -OCH3 is 1. The summed E-state index contributed by atoms with van der Waals surface area (Å²) in [5.74, 6) is -2.28. The van der Waals surface area contributed by atoms with E-state index in [2.05, 4.69) is 15.6 Å². The number of hydrogen-bond acceptors (Lipinski definition) is 8. The number of nitrogens with zero attached hydrogens (tertiary/aromatic N) is 3. The molecule has 2 unspecified atom stereocenters. The second kappa shape index (κ2) is 8.00. The predicted molar refractivity (Wildman–Crippen MR) is 123 cm³/mol. The summed E-state index contributed by atoms with van der Waals surface area (Å²) in [6, 6.07) is 6.74. The molecule has 0 radical (unpaired) electrons. The summed E-state index contributed by atoms with van der Waals surface area (Å²) in [5, 5.41) is 14.5. The van der Waals surface area contributed by atoms with Crippen LogP contribution in [-0.4, -0.2) is 65.0 Å². The quantitative estimate of drug-likeness (QED) is 0.426. The first kappa shape index (κ1) is 22.9. The van der Waals surface area contributed by atoms with E-state index in [1.54, 1.807) is 18.2 Å². The maximum absolute atomic E-state index is 14.8. The number of hydrogen-bond donors (Lipinski definition) is 3. The van der Waals surface area contributed by atoms with E-state index in [1.807, 2.05) is 0 Å². The fraction of sp³-hybridized carbons (Fsp3) is 0.292. The number of aliphatic hydroxyl groups excluding tert-OH is 1. The zero-order valence-electron chi connectivity index (χ0n) is 19.4. The number of pyridine rings is 1. The predicted octanol–water partition coefficient (Wildman–Crippen LogP) is 0.764. The average molecular weight is 509 g/mol. The number of aromatic nitrogens is 1. The number of carbonyl (C=O) groups is 4. The number of rotatable bonds is 5. The van der Waals surface area contributed by atoms with Gasteiger partial charge in [-0.05, 0) is 23.8 Å². The highest BCUT2D eigenvalue weighted by Gasteiger charge is 2.53. The zero-order chi connectivity index (χ0) is 26.1. The third-order valence-electron chi connectivity index (χ3n) is 6.81. The topological polar surface area (TPSA) is 154 Å². The smallest absolute Gasteiger partial charge is 0.322 e. The van der Waals surface area contributed by atoms with Crippen LogP contribution in [0.1, 0.15) is 28.1 Å². The Bertz CT molecular complexity index is 1520. The minimum absolute atomic E-state index is 0.00199. The van der Waals surface area contributed by atoms with E-state index in [-0.39, 0.29) is 54.6 Å². The van der Waals surface area contributed by atoms with E-state index < -0.39 is 35.3 Å². The Morgan fingerprint density at radius 3 is 2.73 bits per heavy atom. The van der Waals surface area contributed by atoms with E-state index in [1.165, 1.54) is 29.0 Å². The number of anilines is 1. The Kier molecular flexibility index (Phi) is 4.95. The molecule has 3 aliphatic rings. The number of carbonyl (C=O) groups excluding carboxylic acids is 4. The molecule has 0 saturated carbocycles. The molecule has 2 saturated heterocycles. The van der Waals surface area contributed by atoms with Crippen molar-refractivity contribution in [1.82, 2.24) is 20.5 Å². The van der Waals surface area contributed by atoms with Crippen molar-refractivity contribution >= 4 is 40.7 Å². The Morgan fingerprint density at radius 2 is 2.05 bits per heavy atom. The second-order valence-corrected chi connectivity index (χ2v) is 9.12. The van der Waals surface area contributed by atoms with Crippen LogP contribution in [0.15, 0.2) is 34.7 Å². The first-order valence-corrected chi connectivity index (χ1v) is 11.4. The molecule has 2 aromatic heterocycles. The molecule has 0 spiro atoms. The Hall–Kier alpha value is -4.52. The van der Waals surface area contributed by atoms with Gasteiger partial charge in [-0.1, -0.05) is 6.07 Å². The van der Waals surface area contributed by atoms with Gasteiger partial charge in [-0.15, -0.1) is 0 Å². The first-order valence-electron chi connectivity index (χ1n) is 11.4. The highest BCUT2D eigenvalue weighted by molar-refractivity contribution is 6.08. The van der Waals surface area contributed by atoms with Crippen LogP contribution in [0, 0.1) is 5.82 Å². The number of furan rings is 1. The first-order chi connectivity index (χ1) is 17.7. The number of β-amino-alcohol motifs (C(OH)–C–C–N with tert-alkyl or cyclic N) is 1. The molecule has 2 fully saturated rings. The van der Waals surface area contributed by atoms with E-state index >= 15 is 0 Å². The summed E-state index contributed by atoms with van der Waals surface area (Å²) in [7, 11) is 1.29. The standard InChI is InChI=1S/C24H20FN5O7/c1-36-15-3-2-11-8-29(21(33)19(11)20(15)25)10-24(22(34)27-23(35)28-24)16-7-13-14(37-16)4-5-17(26-13)30-9-12(31)6-18(30)32/h2-5,7,12,31H,6,8-10H2,1H3,(H2,27,28,34,35). The Balaban J connectivity index is 1.37. The zero-order valence-corrected chi connectivity index (χ0v) is 19.4. The van der Waals surface area contributed by atoms with Crippen molar-refractivity contribution in [3.05, 3.63) is 53.0 Å². The molecule has 5 heterocycles. The van der Waals surface area contributed by atoms with Gasteiger partial charge in [-0.3, -0.25) is 24.6 Å². The lowest BCUT2D eigenvalue weighted by Gasteiger charge is -2.28. The van der Waals surface area contributed by atoms with Gasteiger partial charge in [0, 0.05) is 12.6 Å². The van der Waals surface area contributed by atoms with Gasteiger partial charge in [0.1, 0.15) is 17.1 Å². The molecule has 12 nitrogen and oxygen atoms in total. The molecule has 3 aliphatic heterocycles. The SMILES string of the molecule is COc1ccc2c(c1F)C(=O)N(CC1(c3cc4nc(N5CC(O)CC5=O)ccc4o3)NC(=O)NC1=O)C2. The van der Waals surface area contributed by atoms with E-state index in [4.69, 9.17) is 9.15 Å². The van der Waals surface area contributed by atoms with E-state index in [0.29, 0.717) is 16.9 Å². The number of ether oxygens (including phenoxy) is 1. The number of aliphatic hydroxyl groups is 1. The lowest BCUT2D eigenvalue weighted by molar-refractivity contribution is -0.125. The lowest BCUT2D eigenvalue weighted by Crippen LogP contribution is -2.52. The van der Waals surface area contributed by atoms with Crippen LogP contribution >= 0.6 is 0 Å². The molecular weight excluding hydrogens is 489 g/mol. The molecule has 3 N–H and O–H groups in total. The molecule has 2 atom stereocenters. The monoisotopic (exact) mass is 509 g/mol. The maximum atomic E-state index is 14.8. The normalized spacial score (nSPS) is 23.2. The van der Waals surface area contributed by atoms with Crippen LogP contribution in [0.5, 0.6) is 5.75 Å². The lowest BCUT2D eigenvalue weighted by atomic mass is 9.95. The van der Waals surface area contributed by atoms with Gasteiger partial charge >= 0.3 is 6.03 Å². The molecule has 0 bridgehead atoms.